The summed E-state index contributed by atoms with van der Waals surface area (Å²) in [6, 6.07) is 8.25. The Balaban J connectivity index is 1.31. The normalized spacial score (nSPS) is 42.2. The number of allylic oxidation sites excluding steroid dienone is 1. The second kappa shape index (κ2) is 17.5. The van der Waals surface area contributed by atoms with Gasteiger partial charge in [0.2, 0.25) is 0 Å². The molecule has 1 aliphatic heterocycles. The summed E-state index contributed by atoms with van der Waals surface area (Å²) in [7, 11) is 6.36. The summed E-state index contributed by atoms with van der Waals surface area (Å²) in [6.45, 7) is 5.61. The molecule has 7 bridgehead atoms. The maximum absolute atomic E-state index is 14.4. The number of piperidine rings is 1. The van der Waals surface area contributed by atoms with Crippen molar-refractivity contribution < 1.29 is 53.3 Å². The van der Waals surface area contributed by atoms with Gasteiger partial charge in [-0.15, -0.1) is 0 Å². The molecule has 6 fully saturated rings. The SMILES string of the molecule is CCCCCCCCCCC/C=C/C(=O)O[C@]12[C@H]3[C@@H](OC(=O)c4ccccc4)[C@](O)(C[C@H]3[C@@]34C5[C@@H]1[C@H](OC)[C@@H]3[C@](COC)(CN5CC)[C@H](O)C[C@@H]4OC)[C@@H](OC)[C@@H]2O. The predicted octanol–water partition coefficient (Wildman–Crippen LogP) is 5.11. The van der Waals surface area contributed by atoms with Gasteiger partial charge in [0.25, 0.3) is 0 Å². The zero-order valence-electron chi connectivity index (χ0n) is 35.6. The number of hydrogen-bond acceptors (Lipinski definition) is 12. The number of aliphatic hydroxyl groups excluding tert-OH is 2. The largest absolute Gasteiger partial charge is 0.455 e. The number of carbonyl (C=O) groups is 2. The monoisotopic (exact) mass is 811 g/mol. The fraction of sp³-hybridized carbons (Fsp3) is 0.783. The molecule has 7 rings (SSSR count). The third-order valence-corrected chi connectivity index (χ3v) is 15.8. The van der Waals surface area contributed by atoms with Crippen LogP contribution in [-0.2, 0) is 33.2 Å². The fourth-order valence-electron chi connectivity index (χ4n) is 14.0. The molecule has 1 aromatic rings. The molecule has 3 N–H and O–H groups in total. The molecule has 0 radical (unpaired) electrons. The number of unbranched alkanes of at least 4 members (excludes halogenated alkanes) is 9. The van der Waals surface area contributed by atoms with Gasteiger partial charge in [0, 0.05) is 82.1 Å². The van der Waals surface area contributed by atoms with E-state index in [9.17, 15) is 24.9 Å². The van der Waals surface area contributed by atoms with Crippen molar-refractivity contribution in [1.82, 2.24) is 4.90 Å². The van der Waals surface area contributed by atoms with Crippen molar-refractivity contribution in [2.24, 2.45) is 34.5 Å². The fourth-order valence-corrected chi connectivity index (χ4v) is 14.0. The molecule has 5 aliphatic carbocycles. The number of nitrogens with zero attached hydrogens (tertiary/aromatic N) is 1. The Labute approximate surface area is 344 Å². The van der Waals surface area contributed by atoms with Crippen LogP contribution < -0.4 is 0 Å². The smallest absolute Gasteiger partial charge is 0.338 e. The summed E-state index contributed by atoms with van der Waals surface area (Å²) < 4.78 is 38.5. The van der Waals surface area contributed by atoms with E-state index in [-0.39, 0.29) is 19.1 Å². The van der Waals surface area contributed by atoms with Crippen LogP contribution in [-0.4, -0.2) is 134 Å². The molecule has 1 aromatic carbocycles. The molecule has 324 valence electrons. The number of hydrogen-bond donors (Lipinski definition) is 3. The highest BCUT2D eigenvalue weighted by atomic mass is 16.6. The third kappa shape index (κ3) is 6.45. The molecule has 1 unspecified atom stereocenters. The zero-order chi connectivity index (χ0) is 41.5. The number of rotatable bonds is 20. The highest BCUT2D eigenvalue weighted by Crippen LogP contribution is 2.80. The van der Waals surface area contributed by atoms with E-state index in [2.05, 4.69) is 18.7 Å². The Morgan fingerprint density at radius 2 is 1.57 bits per heavy atom. The van der Waals surface area contributed by atoms with Crippen molar-refractivity contribution >= 4 is 11.9 Å². The van der Waals surface area contributed by atoms with E-state index in [4.69, 9.17) is 28.4 Å². The Hall–Kier alpha value is -2.42. The molecule has 58 heavy (non-hydrogen) atoms. The molecule has 12 nitrogen and oxygen atoms in total. The molecule has 1 spiro atoms. The van der Waals surface area contributed by atoms with Crippen molar-refractivity contribution in [3.63, 3.8) is 0 Å². The molecule has 0 aromatic heterocycles. The topological polar surface area (TPSA) is 153 Å². The quantitative estimate of drug-likeness (QED) is 0.0912. The first-order chi connectivity index (χ1) is 28.0. The van der Waals surface area contributed by atoms with Gasteiger partial charge >= 0.3 is 11.9 Å². The minimum Gasteiger partial charge on any atom is -0.455 e. The highest BCUT2D eigenvalue weighted by molar-refractivity contribution is 5.89. The van der Waals surface area contributed by atoms with Crippen molar-refractivity contribution in [2.75, 3.05) is 48.1 Å². The number of aliphatic hydroxyl groups is 3. The second-order valence-corrected chi connectivity index (χ2v) is 18.3. The average molecular weight is 812 g/mol. The molecule has 5 saturated carbocycles. The lowest BCUT2D eigenvalue weighted by molar-refractivity contribution is -0.322. The lowest BCUT2D eigenvalue weighted by Crippen LogP contribution is -2.81. The first-order valence-electron chi connectivity index (χ1n) is 22.1. The van der Waals surface area contributed by atoms with Crippen LogP contribution in [0.25, 0.3) is 0 Å². The Morgan fingerprint density at radius 3 is 2.19 bits per heavy atom. The number of esters is 2. The van der Waals surface area contributed by atoms with Crippen LogP contribution in [0.5, 0.6) is 0 Å². The van der Waals surface area contributed by atoms with Gasteiger partial charge in [-0.3, -0.25) is 4.90 Å². The van der Waals surface area contributed by atoms with Crippen LogP contribution in [0.15, 0.2) is 42.5 Å². The summed E-state index contributed by atoms with van der Waals surface area (Å²) in [5, 5.41) is 38.2. The van der Waals surface area contributed by atoms with Crippen LogP contribution in [0.2, 0.25) is 0 Å². The molecule has 0 amide bonds. The summed E-state index contributed by atoms with van der Waals surface area (Å²) >= 11 is 0. The Morgan fingerprint density at radius 1 is 0.879 bits per heavy atom. The van der Waals surface area contributed by atoms with Crippen LogP contribution >= 0.6 is 0 Å². The van der Waals surface area contributed by atoms with Crippen LogP contribution in [0.4, 0.5) is 0 Å². The second-order valence-electron chi connectivity index (χ2n) is 18.3. The lowest BCUT2D eigenvalue weighted by atomic mass is 9.42. The highest BCUT2D eigenvalue weighted by Gasteiger charge is 2.92. The zero-order valence-corrected chi connectivity index (χ0v) is 35.6. The number of ether oxygens (including phenoxy) is 6. The first-order valence-corrected chi connectivity index (χ1v) is 22.1. The molecular formula is C46H69NO11. The van der Waals surface area contributed by atoms with Gasteiger partial charge in [-0.2, -0.15) is 0 Å². The minimum absolute atomic E-state index is 0.0699. The van der Waals surface area contributed by atoms with Gasteiger partial charge in [0.05, 0.1) is 30.5 Å². The van der Waals surface area contributed by atoms with Gasteiger partial charge in [-0.25, -0.2) is 9.59 Å². The van der Waals surface area contributed by atoms with E-state index in [1.807, 2.05) is 12.1 Å². The number of likely N-dealkylation sites (tertiary alicyclic amines) is 1. The Kier molecular flexibility index (Phi) is 13.2. The van der Waals surface area contributed by atoms with E-state index in [0.29, 0.717) is 31.5 Å². The van der Waals surface area contributed by atoms with E-state index >= 15 is 0 Å². The van der Waals surface area contributed by atoms with Crippen LogP contribution in [0.3, 0.4) is 0 Å². The maximum atomic E-state index is 14.4. The number of methoxy groups -OCH3 is 4. The van der Waals surface area contributed by atoms with E-state index in [1.54, 1.807) is 45.6 Å². The first kappa shape index (κ1) is 43.7. The lowest BCUT2D eigenvalue weighted by Gasteiger charge is -2.70. The minimum atomic E-state index is -1.86. The van der Waals surface area contributed by atoms with Crippen molar-refractivity contribution in [1.29, 1.82) is 0 Å². The molecule has 1 saturated heterocycles. The van der Waals surface area contributed by atoms with Crippen molar-refractivity contribution in [3.8, 4) is 0 Å². The predicted molar refractivity (Wildman–Crippen MR) is 216 cm³/mol. The summed E-state index contributed by atoms with van der Waals surface area (Å²) in [6.07, 6.45) is 9.13. The van der Waals surface area contributed by atoms with E-state index in [0.717, 1.165) is 19.3 Å². The standard InChI is InChI=1S/C46H69NO11/c1-7-9-10-11-12-13-14-15-16-17-21-24-33(49)58-46-34-30(26-44(52,41(56-6)39(46)50)40(34)57-42(51)29-22-19-18-20-23-29)45-32(54-4)25-31(48)43(28-53-3)27-47(8-2)38(45)35(46)36(55-5)37(43)45/h18-24,30-32,34-41,48,50,52H,7-17,25-28H2,1-6H3/b24-21+/t30-,31-,32+,34-,35+,36+,37-,38?,39+,40-,41+,43+,44-,45+,46-/m1/s1. The molecule has 12 heteroatoms. The number of carbonyl (C=O) groups excluding carboxylic acids is 2. The summed E-state index contributed by atoms with van der Waals surface area (Å²) in [5.74, 6) is -3.77. The van der Waals surface area contributed by atoms with Crippen LogP contribution in [0, 0.1) is 34.5 Å². The van der Waals surface area contributed by atoms with E-state index < -0.39 is 94.3 Å². The van der Waals surface area contributed by atoms with Gasteiger partial charge in [-0.05, 0) is 43.9 Å². The third-order valence-electron chi connectivity index (χ3n) is 15.8. The van der Waals surface area contributed by atoms with Crippen molar-refractivity contribution in [3.05, 3.63) is 48.0 Å². The molecule has 15 atom stereocenters. The van der Waals surface area contributed by atoms with Crippen molar-refractivity contribution in [2.45, 2.75) is 145 Å². The molecular weight excluding hydrogens is 743 g/mol. The Bertz CT molecular complexity index is 1610. The average Bonchev–Trinajstić information content (AvgIpc) is 3.60. The number of fused-ring (bicyclic) bond motifs is 2. The molecule has 6 aliphatic rings. The summed E-state index contributed by atoms with van der Waals surface area (Å²) in [4.78, 5) is 30.8. The maximum Gasteiger partial charge on any atom is 0.338 e. The molecule has 1 heterocycles. The van der Waals surface area contributed by atoms with E-state index in [1.165, 1.54) is 51.7 Å². The van der Waals surface area contributed by atoms with Gasteiger partial charge in [-0.1, -0.05) is 89.5 Å². The van der Waals surface area contributed by atoms with Gasteiger partial charge in [0.15, 0.2) is 5.60 Å². The van der Waals surface area contributed by atoms with Gasteiger partial charge < -0.3 is 43.7 Å². The number of benzene rings is 1. The van der Waals surface area contributed by atoms with Crippen LogP contribution in [0.1, 0.15) is 101 Å². The summed E-state index contributed by atoms with van der Waals surface area (Å²) in [5.41, 5.74) is -4.93. The van der Waals surface area contributed by atoms with Gasteiger partial charge in [0.1, 0.15) is 23.9 Å².